The van der Waals surface area contributed by atoms with E-state index in [0.717, 1.165) is 12.1 Å². The first-order valence-corrected chi connectivity index (χ1v) is 7.69. The van der Waals surface area contributed by atoms with Crippen LogP contribution in [0.5, 0.6) is 0 Å². The van der Waals surface area contributed by atoms with Crippen molar-refractivity contribution in [2.75, 3.05) is 10.7 Å². The first-order valence-electron chi connectivity index (χ1n) is 5.45. The fourth-order valence-corrected chi connectivity index (χ4v) is 3.36. The number of alkyl halides is 2. The van der Waals surface area contributed by atoms with Crippen molar-refractivity contribution in [1.82, 2.24) is 10.3 Å². The molecule has 0 bridgehead atoms. The van der Waals surface area contributed by atoms with Crippen molar-refractivity contribution in [2.45, 2.75) is 25.8 Å². The van der Waals surface area contributed by atoms with Crippen molar-refractivity contribution < 1.29 is 4.79 Å². The molecule has 0 spiro atoms. The predicted molar refractivity (Wildman–Crippen MR) is 77.1 cm³/mol. The Hall–Kier alpha value is -0.420. The Bertz CT molecular complexity index is 384. The van der Waals surface area contributed by atoms with Crippen molar-refractivity contribution >= 4 is 37.8 Å². The first kappa shape index (κ1) is 14.6. The van der Waals surface area contributed by atoms with Gasteiger partial charge in [-0.1, -0.05) is 44.8 Å². The maximum atomic E-state index is 12.1. The monoisotopic (exact) mass is 362 g/mol. The number of aryl methyl sites for hydroxylation is 1. The molecule has 0 aliphatic heterocycles. The van der Waals surface area contributed by atoms with Crippen molar-refractivity contribution in [3.63, 3.8) is 0 Å². The number of carbonyl (C=O) groups is 1. The highest BCUT2D eigenvalue weighted by Crippen LogP contribution is 2.17. The van der Waals surface area contributed by atoms with Gasteiger partial charge in [-0.25, -0.2) is 4.98 Å². The third-order valence-electron chi connectivity index (χ3n) is 2.69. The van der Waals surface area contributed by atoms with E-state index in [1.54, 1.807) is 6.07 Å². The van der Waals surface area contributed by atoms with Crippen molar-refractivity contribution in [3.8, 4) is 0 Å². The van der Waals surface area contributed by atoms with Gasteiger partial charge in [0.1, 0.15) is 5.69 Å². The number of hydrogen-bond acceptors (Lipinski definition) is 2. The molecule has 0 atom stereocenters. The molecular formula is C12H16Br2N2O. The molecule has 0 unspecified atom stereocenters. The molecule has 1 aromatic heterocycles. The fourth-order valence-electron chi connectivity index (χ4n) is 1.35. The van der Waals surface area contributed by atoms with E-state index in [2.05, 4.69) is 42.2 Å². The van der Waals surface area contributed by atoms with Gasteiger partial charge >= 0.3 is 0 Å². The number of carbonyl (C=O) groups excluding carboxylic acids is 1. The standard InChI is InChI=1S/C12H16Br2N2O/c1-3-12(7-13,8-14)16-11(17)10-6-4-5-9(2)15-10/h4-6H,3,7-8H2,1-2H3,(H,16,17). The van der Waals surface area contributed by atoms with Crippen LogP contribution in [-0.2, 0) is 0 Å². The molecule has 1 amide bonds. The van der Waals surface area contributed by atoms with Crippen LogP contribution in [0.4, 0.5) is 0 Å². The number of nitrogens with one attached hydrogen (secondary N) is 1. The summed E-state index contributed by atoms with van der Waals surface area (Å²) >= 11 is 6.89. The Morgan fingerprint density at radius 3 is 2.53 bits per heavy atom. The highest BCUT2D eigenvalue weighted by Gasteiger charge is 2.28. The number of aromatic nitrogens is 1. The maximum absolute atomic E-state index is 12.1. The van der Waals surface area contributed by atoms with Crippen LogP contribution in [0, 0.1) is 6.92 Å². The van der Waals surface area contributed by atoms with Crippen LogP contribution >= 0.6 is 31.9 Å². The zero-order valence-electron chi connectivity index (χ0n) is 9.96. The Morgan fingerprint density at radius 1 is 1.41 bits per heavy atom. The minimum Gasteiger partial charge on any atom is -0.344 e. The molecule has 1 heterocycles. The molecular weight excluding hydrogens is 348 g/mol. The number of halogens is 2. The lowest BCUT2D eigenvalue weighted by Crippen LogP contribution is -2.51. The summed E-state index contributed by atoms with van der Waals surface area (Å²) < 4.78 is 0. The van der Waals surface area contributed by atoms with Gasteiger partial charge in [-0.15, -0.1) is 0 Å². The highest BCUT2D eigenvalue weighted by atomic mass is 79.9. The maximum Gasteiger partial charge on any atom is 0.270 e. The summed E-state index contributed by atoms with van der Waals surface area (Å²) in [4.78, 5) is 16.3. The molecule has 1 N–H and O–H groups in total. The molecule has 1 aromatic rings. The summed E-state index contributed by atoms with van der Waals surface area (Å²) in [5, 5.41) is 4.44. The van der Waals surface area contributed by atoms with Gasteiger partial charge in [-0.3, -0.25) is 4.79 Å². The molecule has 0 saturated heterocycles. The Labute approximate surface area is 119 Å². The molecule has 1 rings (SSSR count). The largest absolute Gasteiger partial charge is 0.344 e. The minimum absolute atomic E-state index is 0.130. The van der Waals surface area contributed by atoms with E-state index in [4.69, 9.17) is 0 Å². The molecule has 0 saturated carbocycles. The number of rotatable bonds is 5. The summed E-state index contributed by atoms with van der Waals surface area (Å²) in [6.45, 7) is 3.92. The lowest BCUT2D eigenvalue weighted by Gasteiger charge is -2.29. The lowest BCUT2D eigenvalue weighted by molar-refractivity contribution is 0.0910. The molecule has 17 heavy (non-hydrogen) atoms. The van der Waals surface area contributed by atoms with E-state index < -0.39 is 0 Å². The SMILES string of the molecule is CCC(CBr)(CBr)NC(=O)c1cccc(C)n1. The van der Waals surface area contributed by atoms with Gasteiger partial charge < -0.3 is 5.32 Å². The lowest BCUT2D eigenvalue weighted by atomic mass is 10.0. The summed E-state index contributed by atoms with van der Waals surface area (Å²) in [6.07, 6.45) is 0.848. The van der Waals surface area contributed by atoms with E-state index in [1.807, 2.05) is 26.0 Å². The van der Waals surface area contributed by atoms with E-state index >= 15 is 0 Å². The fraction of sp³-hybridized carbons (Fsp3) is 0.500. The highest BCUT2D eigenvalue weighted by molar-refractivity contribution is 9.09. The second kappa shape index (κ2) is 6.50. The molecule has 5 heteroatoms. The van der Waals surface area contributed by atoms with Crippen molar-refractivity contribution in [1.29, 1.82) is 0 Å². The number of pyridine rings is 1. The van der Waals surface area contributed by atoms with Gasteiger partial charge in [0.2, 0.25) is 0 Å². The average molecular weight is 364 g/mol. The second-order valence-electron chi connectivity index (χ2n) is 4.02. The summed E-state index contributed by atoms with van der Waals surface area (Å²) in [5.74, 6) is -0.130. The third-order valence-corrected chi connectivity index (χ3v) is 4.83. The van der Waals surface area contributed by atoms with Crippen LogP contribution in [0.3, 0.4) is 0 Å². The van der Waals surface area contributed by atoms with Crippen LogP contribution in [-0.4, -0.2) is 27.1 Å². The zero-order valence-corrected chi connectivity index (χ0v) is 13.1. The van der Waals surface area contributed by atoms with Gasteiger partial charge in [0.25, 0.3) is 5.91 Å². The minimum atomic E-state index is -0.261. The molecule has 0 radical (unpaired) electrons. The molecule has 0 aliphatic carbocycles. The van der Waals surface area contributed by atoms with Crippen molar-refractivity contribution in [3.05, 3.63) is 29.6 Å². The van der Waals surface area contributed by atoms with Gasteiger partial charge in [-0.05, 0) is 25.5 Å². The Balaban J connectivity index is 2.84. The average Bonchev–Trinajstić information content (AvgIpc) is 2.36. The Morgan fingerprint density at radius 2 is 2.06 bits per heavy atom. The van der Waals surface area contributed by atoms with E-state index in [1.165, 1.54) is 0 Å². The quantitative estimate of drug-likeness (QED) is 0.817. The van der Waals surface area contributed by atoms with Crippen molar-refractivity contribution in [2.24, 2.45) is 0 Å². The summed E-state index contributed by atoms with van der Waals surface area (Å²) in [7, 11) is 0. The zero-order chi connectivity index (χ0) is 12.9. The molecule has 0 aromatic carbocycles. The smallest absolute Gasteiger partial charge is 0.270 e. The van der Waals surface area contributed by atoms with Crippen LogP contribution < -0.4 is 5.32 Å². The van der Waals surface area contributed by atoms with Gasteiger partial charge in [-0.2, -0.15) is 0 Å². The molecule has 3 nitrogen and oxygen atoms in total. The Kier molecular flexibility index (Phi) is 5.59. The van der Waals surface area contributed by atoms with Crippen LogP contribution in [0.25, 0.3) is 0 Å². The molecule has 0 aliphatic rings. The topological polar surface area (TPSA) is 42.0 Å². The number of nitrogens with zero attached hydrogens (tertiary/aromatic N) is 1. The van der Waals surface area contributed by atoms with E-state index in [-0.39, 0.29) is 11.4 Å². The van der Waals surface area contributed by atoms with Gasteiger partial charge in [0, 0.05) is 16.4 Å². The summed E-state index contributed by atoms with van der Waals surface area (Å²) in [5.41, 5.74) is 1.05. The van der Waals surface area contributed by atoms with Crippen LogP contribution in [0.1, 0.15) is 29.5 Å². The van der Waals surface area contributed by atoms with Gasteiger partial charge in [0.05, 0.1) is 5.54 Å². The third kappa shape index (κ3) is 3.78. The first-order chi connectivity index (χ1) is 8.06. The number of amides is 1. The van der Waals surface area contributed by atoms with Gasteiger partial charge in [0.15, 0.2) is 0 Å². The molecule has 94 valence electrons. The second-order valence-corrected chi connectivity index (χ2v) is 5.14. The van der Waals surface area contributed by atoms with E-state index in [9.17, 15) is 4.79 Å². The van der Waals surface area contributed by atoms with E-state index in [0.29, 0.717) is 16.4 Å². The number of hydrogen-bond donors (Lipinski definition) is 1. The normalized spacial score (nSPS) is 11.3. The predicted octanol–water partition coefficient (Wildman–Crippen LogP) is 3.06. The molecule has 0 fully saturated rings. The van der Waals surface area contributed by atoms with Crippen LogP contribution in [0.2, 0.25) is 0 Å². The summed E-state index contributed by atoms with van der Waals surface area (Å²) in [6, 6.07) is 5.44. The van der Waals surface area contributed by atoms with Crippen LogP contribution in [0.15, 0.2) is 18.2 Å².